The topological polar surface area (TPSA) is 67.6 Å². The normalized spacial score (nSPS) is 19.7. The van der Waals surface area contributed by atoms with Gasteiger partial charge >= 0.3 is 0 Å². The maximum Gasteiger partial charge on any atom is 0.213 e. The summed E-state index contributed by atoms with van der Waals surface area (Å²) in [6.07, 6.45) is 12.3. The van der Waals surface area contributed by atoms with Gasteiger partial charge in [-0.15, -0.1) is 24.0 Å². The summed E-state index contributed by atoms with van der Waals surface area (Å²) in [5.41, 5.74) is 2.41. The molecular weight excluding hydrogens is 491 g/mol. The lowest BCUT2D eigenvalue weighted by molar-refractivity contribution is 0.201. The molecule has 2 aromatic heterocycles. The maximum absolute atomic E-state index is 5.96. The lowest BCUT2D eigenvalue weighted by Gasteiger charge is -2.21. The van der Waals surface area contributed by atoms with E-state index in [0.717, 1.165) is 56.3 Å². The van der Waals surface area contributed by atoms with E-state index in [9.17, 15) is 0 Å². The first-order valence-corrected chi connectivity index (χ1v) is 10.8. The van der Waals surface area contributed by atoms with E-state index in [1.54, 1.807) is 0 Å². The molecule has 7 nitrogen and oxygen atoms in total. The van der Waals surface area contributed by atoms with Gasteiger partial charge in [-0.3, -0.25) is 4.68 Å². The van der Waals surface area contributed by atoms with Crippen molar-refractivity contribution in [1.29, 1.82) is 0 Å². The third kappa shape index (κ3) is 5.86. The van der Waals surface area contributed by atoms with Gasteiger partial charge in [-0.25, -0.2) is 9.98 Å². The lowest BCUT2D eigenvalue weighted by atomic mass is 10.0. The third-order valence-electron chi connectivity index (χ3n) is 5.82. The van der Waals surface area contributed by atoms with Crippen LogP contribution in [-0.2, 0) is 13.6 Å². The van der Waals surface area contributed by atoms with Gasteiger partial charge in [0.15, 0.2) is 5.96 Å². The number of pyridine rings is 1. The van der Waals surface area contributed by atoms with E-state index in [2.05, 4.69) is 39.5 Å². The zero-order valence-corrected chi connectivity index (χ0v) is 20.3. The first kappa shape index (κ1) is 22.8. The highest BCUT2D eigenvalue weighted by Gasteiger charge is 2.26. The second kappa shape index (κ2) is 11.0. The molecular formula is C22H33IN6O. The molecule has 0 amide bonds. The summed E-state index contributed by atoms with van der Waals surface area (Å²) in [6.45, 7) is 5.58. The van der Waals surface area contributed by atoms with E-state index < -0.39 is 0 Å². The van der Waals surface area contributed by atoms with Gasteiger partial charge in [0.25, 0.3) is 0 Å². The summed E-state index contributed by atoms with van der Waals surface area (Å²) in [5.74, 6) is 2.22. The number of ether oxygens (including phenoxy) is 1. The number of nitrogens with one attached hydrogen (secondary N) is 1. The maximum atomic E-state index is 5.96. The molecule has 1 aliphatic heterocycles. The molecule has 2 fully saturated rings. The molecule has 1 atom stereocenters. The highest BCUT2D eigenvalue weighted by molar-refractivity contribution is 14.0. The van der Waals surface area contributed by atoms with Gasteiger partial charge in [-0.2, -0.15) is 5.10 Å². The number of halogens is 1. The molecule has 4 rings (SSSR count). The fraction of sp³-hybridized carbons (Fsp3) is 0.591. The van der Waals surface area contributed by atoms with Gasteiger partial charge in [-0.05, 0) is 50.2 Å². The Bertz CT molecular complexity index is 815. The number of nitrogens with zero attached hydrogens (tertiary/aromatic N) is 5. The van der Waals surface area contributed by atoms with Crippen LogP contribution in [0.15, 0.2) is 35.7 Å². The van der Waals surface area contributed by atoms with Crippen molar-refractivity contribution in [1.82, 2.24) is 25.0 Å². The average Bonchev–Trinajstić information content (AvgIpc) is 3.48. The van der Waals surface area contributed by atoms with Crippen LogP contribution in [-0.4, -0.2) is 51.4 Å². The Morgan fingerprint density at radius 1 is 1.23 bits per heavy atom. The van der Waals surface area contributed by atoms with Crippen molar-refractivity contribution in [2.75, 3.05) is 19.6 Å². The number of aryl methyl sites for hydroxylation is 1. The zero-order chi connectivity index (χ0) is 20.1. The molecule has 1 unspecified atom stereocenters. The SMILES string of the molecule is CCNC(=NCc1ccc(OC2CCCC2)nc1)N1CCC(c2cnn(C)c2)C1.I. The number of likely N-dealkylation sites (tertiary alicyclic amines) is 1. The molecule has 3 heterocycles. The van der Waals surface area contributed by atoms with Crippen LogP contribution in [0.3, 0.4) is 0 Å². The zero-order valence-electron chi connectivity index (χ0n) is 18.0. The number of rotatable bonds is 6. The molecule has 164 valence electrons. The van der Waals surface area contributed by atoms with E-state index in [1.165, 1.54) is 18.4 Å². The summed E-state index contributed by atoms with van der Waals surface area (Å²) in [4.78, 5) is 11.7. The van der Waals surface area contributed by atoms with Crippen molar-refractivity contribution in [2.45, 2.75) is 57.6 Å². The minimum absolute atomic E-state index is 0. The Balaban J connectivity index is 0.00000256. The molecule has 1 N–H and O–H groups in total. The number of aromatic nitrogens is 3. The molecule has 8 heteroatoms. The Labute approximate surface area is 196 Å². The molecule has 0 aromatic carbocycles. The Kier molecular flexibility index (Phi) is 8.35. The standard InChI is InChI=1S/C22H32N6O.HI/c1-3-23-22(28-11-10-18(16-28)19-14-26-27(2)15-19)25-13-17-8-9-21(24-12-17)29-20-6-4-5-7-20;/h8-9,12,14-15,18,20H,3-7,10-11,13,16H2,1-2H3,(H,23,25);1H. The summed E-state index contributed by atoms with van der Waals surface area (Å²) in [7, 11) is 1.97. The van der Waals surface area contributed by atoms with E-state index in [0.29, 0.717) is 18.6 Å². The van der Waals surface area contributed by atoms with Crippen LogP contribution >= 0.6 is 24.0 Å². The van der Waals surface area contributed by atoms with Crippen molar-refractivity contribution < 1.29 is 4.74 Å². The van der Waals surface area contributed by atoms with E-state index in [4.69, 9.17) is 9.73 Å². The first-order chi connectivity index (χ1) is 14.2. The van der Waals surface area contributed by atoms with E-state index in [1.807, 2.05) is 30.2 Å². The summed E-state index contributed by atoms with van der Waals surface area (Å²) in [5, 5.41) is 7.76. The van der Waals surface area contributed by atoms with Crippen LogP contribution in [0.25, 0.3) is 0 Å². The molecule has 1 aliphatic carbocycles. The lowest BCUT2D eigenvalue weighted by Crippen LogP contribution is -2.40. The quantitative estimate of drug-likeness (QED) is 0.355. The first-order valence-electron chi connectivity index (χ1n) is 10.8. The summed E-state index contributed by atoms with van der Waals surface area (Å²) in [6, 6.07) is 4.05. The second-order valence-electron chi connectivity index (χ2n) is 8.08. The Hall–Kier alpha value is -1.84. The van der Waals surface area contributed by atoms with Crippen molar-refractivity contribution in [3.05, 3.63) is 41.9 Å². The van der Waals surface area contributed by atoms with Gasteiger partial charge in [0, 0.05) is 51.1 Å². The summed E-state index contributed by atoms with van der Waals surface area (Å²) >= 11 is 0. The number of guanidine groups is 1. The molecule has 0 radical (unpaired) electrons. The molecule has 1 saturated heterocycles. The monoisotopic (exact) mass is 524 g/mol. The molecule has 0 spiro atoms. The molecule has 30 heavy (non-hydrogen) atoms. The fourth-order valence-corrected chi connectivity index (χ4v) is 4.22. The van der Waals surface area contributed by atoms with Crippen LogP contribution in [0.5, 0.6) is 5.88 Å². The molecule has 2 aliphatic rings. The smallest absolute Gasteiger partial charge is 0.213 e. The molecule has 2 aromatic rings. The third-order valence-corrected chi connectivity index (χ3v) is 5.82. The van der Waals surface area contributed by atoms with E-state index >= 15 is 0 Å². The van der Waals surface area contributed by atoms with Crippen LogP contribution in [0, 0.1) is 0 Å². The van der Waals surface area contributed by atoms with Crippen molar-refractivity contribution >= 4 is 29.9 Å². The van der Waals surface area contributed by atoms with Gasteiger partial charge in [0.1, 0.15) is 6.10 Å². The highest BCUT2D eigenvalue weighted by atomic mass is 127. The van der Waals surface area contributed by atoms with Crippen molar-refractivity contribution in [2.24, 2.45) is 12.0 Å². The fourth-order valence-electron chi connectivity index (χ4n) is 4.22. The van der Waals surface area contributed by atoms with Crippen LogP contribution < -0.4 is 10.1 Å². The van der Waals surface area contributed by atoms with Crippen molar-refractivity contribution in [3.63, 3.8) is 0 Å². The number of hydrogen-bond acceptors (Lipinski definition) is 4. The Morgan fingerprint density at radius 2 is 2.07 bits per heavy atom. The molecule has 0 bridgehead atoms. The van der Waals surface area contributed by atoms with Gasteiger partial charge in [0.05, 0.1) is 12.7 Å². The van der Waals surface area contributed by atoms with E-state index in [-0.39, 0.29) is 24.0 Å². The van der Waals surface area contributed by atoms with Crippen LogP contribution in [0.1, 0.15) is 56.1 Å². The highest BCUT2D eigenvalue weighted by Crippen LogP contribution is 2.27. The predicted octanol–water partition coefficient (Wildman–Crippen LogP) is 3.71. The van der Waals surface area contributed by atoms with Crippen LogP contribution in [0.4, 0.5) is 0 Å². The Morgan fingerprint density at radius 3 is 2.73 bits per heavy atom. The second-order valence-corrected chi connectivity index (χ2v) is 8.08. The van der Waals surface area contributed by atoms with Gasteiger partial charge < -0.3 is 15.0 Å². The molecule has 1 saturated carbocycles. The number of aliphatic imine (C=N–C) groups is 1. The largest absolute Gasteiger partial charge is 0.474 e. The predicted molar refractivity (Wildman–Crippen MR) is 129 cm³/mol. The average molecular weight is 524 g/mol. The minimum atomic E-state index is 0. The number of hydrogen-bond donors (Lipinski definition) is 1. The van der Waals surface area contributed by atoms with Gasteiger partial charge in [-0.1, -0.05) is 6.07 Å². The van der Waals surface area contributed by atoms with Gasteiger partial charge in [0.2, 0.25) is 5.88 Å². The minimum Gasteiger partial charge on any atom is -0.474 e. The van der Waals surface area contributed by atoms with Crippen LogP contribution in [0.2, 0.25) is 0 Å². The summed E-state index contributed by atoms with van der Waals surface area (Å²) < 4.78 is 7.84. The van der Waals surface area contributed by atoms with Crippen molar-refractivity contribution in [3.8, 4) is 5.88 Å².